The number of aryl methyl sites for hydroxylation is 2. The molecule has 5 aromatic rings. The average molecular weight is 495 g/mol. The van der Waals surface area contributed by atoms with E-state index in [1.807, 2.05) is 18.2 Å². The molecule has 1 fully saturated rings. The second-order valence-corrected chi connectivity index (χ2v) is 10.7. The Balaban J connectivity index is 1.54. The molecular weight excluding hydrogens is 461 g/mol. The summed E-state index contributed by atoms with van der Waals surface area (Å²) in [6, 6.07) is 20.4. The third kappa shape index (κ3) is 4.14. The highest BCUT2D eigenvalue weighted by molar-refractivity contribution is 6.13. The largest absolute Gasteiger partial charge is 0.454 e. The number of hydrogen-bond donors (Lipinski definition) is 0. The van der Waals surface area contributed by atoms with E-state index in [0.29, 0.717) is 23.0 Å². The van der Waals surface area contributed by atoms with Gasteiger partial charge in [0.15, 0.2) is 6.20 Å². The van der Waals surface area contributed by atoms with Crippen LogP contribution in [0.1, 0.15) is 55.2 Å². The van der Waals surface area contributed by atoms with Gasteiger partial charge in [-0.3, -0.25) is 0 Å². The molecule has 188 valence electrons. The van der Waals surface area contributed by atoms with Crippen LogP contribution in [-0.2, 0) is 11.8 Å². The summed E-state index contributed by atoms with van der Waals surface area (Å²) in [5.41, 5.74) is 8.61. The standard InChI is InChI=1S/C33H33FNO2/c1-20(2)25-13-16-35(4)29(19-25)30-21(3)5-10-26-27-11-12-28(34)31(33(27)37-32(26)30)24-8-6-22(7-9-24)23-14-17-36-18-15-23/h5-13,16,19-20,23H,14-15,17-18H2,1-4H3/q+1. The van der Waals surface area contributed by atoms with E-state index >= 15 is 4.39 Å². The van der Waals surface area contributed by atoms with E-state index in [1.165, 1.54) is 11.1 Å². The van der Waals surface area contributed by atoms with Crippen LogP contribution in [0, 0.1) is 12.7 Å². The lowest BCUT2D eigenvalue weighted by Gasteiger charge is -2.22. The molecule has 0 N–H and O–H groups in total. The fourth-order valence-electron chi connectivity index (χ4n) is 5.71. The van der Waals surface area contributed by atoms with E-state index in [1.54, 1.807) is 6.07 Å². The molecule has 2 aromatic heterocycles. The molecule has 0 bridgehead atoms. The summed E-state index contributed by atoms with van der Waals surface area (Å²) in [5, 5.41) is 1.94. The Hall–Kier alpha value is -3.50. The van der Waals surface area contributed by atoms with Crippen molar-refractivity contribution < 1.29 is 18.1 Å². The van der Waals surface area contributed by atoms with Crippen molar-refractivity contribution in [3.05, 3.63) is 89.4 Å². The van der Waals surface area contributed by atoms with Crippen LogP contribution >= 0.6 is 0 Å². The van der Waals surface area contributed by atoms with Gasteiger partial charge < -0.3 is 9.15 Å². The molecule has 37 heavy (non-hydrogen) atoms. The second-order valence-electron chi connectivity index (χ2n) is 10.7. The van der Waals surface area contributed by atoms with Gasteiger partial charge in [0.25, 0.3) is 0 Å². The number of halogens is 1. The summed E-state index contributed by atoms with van der Waals surface area (Å²) in [5.74, 6) is 0.651. The Bertz CT molecular complexity index is 1610. The van der Waals surface area contributed by atoms with E-state index < -0.39 is 0 Å². The molecule has 0 radical (unpaired) electrons. The Morgan fingerprint density at radius 1 is 0.865 bits per heavy atom. The molecule has 1 saturated heterocycles. The molecular formula is C33H33FNO2+. The van der Waals surface area contributed by atoms with Gasteiger partial charge in [-0.1, -0.05) is 50.2 Å². The van der Waals surface area contributed by atoms with Gasteiger partial charge in [0.1, 0.15) is 24.0 Å². The van der Waals surface area contributed by atoms with Crippen LogP contribution in [0.3, 0.4) is 0 Å². The zero-order chi connectivity index (χ0) is 25.7. The van der Waals surface area contributed by atoms with Crippen LogP contribution in [0.4, 0.5) is 4.39 Å². The molecule has 6 rings (SSSR count). The molecule has 3 nitrogen and oxygen atoms in total. The minimum atomic E-state index is -0.268. The quantitative estimate of drug-likeness (QED) is 0.235. The summed E-state index contributed by atoms with van der Waals surface area (Å²) >= 11 is 0. The lowest BCUT2D eigenvalue weighted by Crippen LogP contribution is -2.31. The lowest BCUT2D eigenvalue weighted by atomic mass is 9.90. The van der Waals surface area contributed by atoms with E-state index in [2.05, 4.69) is 75.0 Å². The fourth-order valence-corrected chi connectivity index (χ4v) is 5.71. The fraction of sp³-hybridized carbons (Fsp3) is 0.303. The summed E-state index contributed by atoms with van der Waals surface area (Å²) in [7, 11) is 2.06. The number of fused-ring (bicyclic) bond motifs is 3. The Morgan fingerprint density at radius 3 is 2.24 bits per heavy atom. The first-order chi connectivity index (χ1) is 17.9. The highest BCUT2D eigenvalue weighted by Gasteiger charge is 2.24. The number of benzene rings is 3. The number of pyridine rings is 1. The van der Waals surface area contributed by atoms with E-state index in [0.717, 1.165) is 64.8 Å². The van der Waals surface area contributed by atoms with E-state index in [-0.39, 0.29) is 5.82 Å². The summed E-state index contributed by atoms with van der Waals surface area (Å²) in [6.07, 6.45) is 4.17. The second kappa shape index (κ2) is 9.42. The number of aromatic nitrogens is 1. The smallest absolute Gasteiger partial charge is 0.216 e. The number of hydrogen-bond acceptors (Lipinski definition) is 2. The third-order valence-electron chi connectivity index (χ3n) is 7.96. The number of nitrogens with zero attached hydrogens (tertiary/aromatic N) is 1. The van der Waals surface area contributed by atoms with Crippen molar-refractivity contribution in [2.24, 2.45) is 7.05 Å². The van der Waals surface area contributed by atoms with Crippen molar-refractivity contribution in [3.8, 4) is 22.4 Å². The Kier molecular flexibility index (Phi) is 6.08. The maximum Gasteiger partial charge on any atom is 0.216 e. The highest BCUT2D eigenvalue weighted by atomic mass is 19.1. The first-order valence-corrected chi connectivity index (χ1v) is 13.2. The number of rotatable bonds is 4. The summed E-state index contributed by atoms with van der Waals surface area (Å²) in [6.45, 7) is 8.13. The zero-order valence-corrected chi connectivity index (χ0v) is 22.0. The van der Waals surface area contributed by atoms with Crippen LogP contribution in [-0.4, -0.2) is 13.2 Å². The number of furan rings is 1. The monoisotopic (exact) mass is 494 g/mol. The molecule has 4 heteroatoms. The van der Waals surface area contributed by atoms with Crippen molar-refractivity contribution in [2.45, 2.75) is 45.4 Å². The van der Waals surface area contributed by atoms with Crippen LogP contribution in [0.2, 0.25) is 0 Å². The summed E-state index contributed by atoms with van der Waals surface area (Å²) < 4.78 is 29.7. The average Bonchev–Trinajstić information content (AvgIpc) is 3.28. The minimum absolute atomic E-state index is 0.268. The van der Waals surface area contributed by atoms with Crippen molar-refractivity contribution >= 4 is 21.9 Å². The van der Waals surface area contributed by atoms with Gasteiger partial charge >= 0.3 is 0 Å². The van der Waals surface area contributed by atoms with Crippen LogP contribution in [0.5, 0.6) is 0 Å². The van der Waals surface area contributed by atoms with Gasteiger partial charge in [0.05, 0.1) is 11.1 Å². The Morgan fingerprint density at radius 2 is 1.54 bits per heavy atom. The lowest BCUT2D eigenvalue weighted by molar-refractivity contribution is -0.660. The summed E-state index contributed by atoms with van der Waals surface area (Å²) in [4.78, 5) is 0. The normalized spacial score (nSPS) is 14.8. The first kappa shape index (κ1) is 23.9. The van der Waals surface area contributed by atoms with Gasteiger partial charge in [-0.05, 0) is 66.0 Å². The van der Waals surface area contributed by atoms with E-state index in [9.17, 15) is 0 Å². The highest BCUT2D eigenvalue weighted by Crippen LogP contribution is 2.42. The topological polar surface area (TPSA) is 26.2 Å². The van der Waals surface area contributed by atoms with Gasteiger partial charge in [-0.15, -0.1) is 0 Å². The van der Waals surface area contributed by atoms with Crippen molar-refractivity contribution in [3.63, 3.8) is 0 Å². The predicted molar refractivity (Wildman–Crippen MR) is 147 cm³/mol. The van der Waals surface area contributed by atoms with Gasteiger partial charge in [-0.25, -0.2) is 8.96 Å². The predicted octanol–water partition coefficient (Wildman–Crippen LogP) is 8.21. The molecule has 3 aromatic carbocycles. The van der Waals surface area contributed by atoms with Crippen LogP contribution < -0.4 is 4.57 Å². The zero-order valence-electron chi connectivity index (χ0n) is 22.0. The molecule has 3 heterocycles. The molecule has 0 saturated carbocycles. The SMILES string of the molecule is Cc1ccc2c(oc3c(-c4ccc(C5CCOCC5)cc4)c(F)ccc32)c1-c1cc(C(C)C)cc[n+]1C. The molecule has 0 atom stereocenters. The van der Waals surface area contributed by atoms with Crippen molar-refractivity contribution in [1.29, 1.82) is 0 Å². The van der Waals surface area contributed by atoms with Gasteiger partial charge in [0, 0.05) is 36.1 Å². The molecule has 0 aliphatic carbocycles. The molecule has 0 spiro atoms. The van der Waals surface area contributed by atoms with Crippen LogP contribution in [0.25, 0.3) is 44.3 Å². The maximum absolute atomic E-state index is 15.4. The van der Waals surface area contributed by atoms with Crippen molar-refractivity contribution in [1.82, 2.24) is 0 Å². The number of ether oxygens (including phenoxy) is 1. The molecule has 0 unspecified atom stereocenters. The minimum Gasteiger partial charge on any atom is -0.454 e. The maximum atomic E-state index is 15.4. The third-order valence-corrected chi connectivity index (χ3v) is 7.96. The van der Waals surface area contributed by atoms with Gasteiger partial charge in [-0.2, -0.15) is 0 Å². The van der Waals surface area contributed by atoms with Crippen molar-refractivity contribution in [2.75, 3.05) is 13.2 Å². The molecule has 1 aliphatic rings. The first-order valence-electron chi connectivity index (χ1n) is 13.2. The molecule has 1 aliphatic heterocycles. The van der Waals surface area contributed by atoms with E-state index in [4.69, 9.17) is 9.15 Å². The van der Waals surface area contributed by atoms with Gasteiger partial charge in [0.2, 0.25) is 5.69 Å². The van der Waals surface area contributed by atoms with Crippen LogP contribution in [0.15, 0.2) is 71.3 Å². The molecule has 0 amide bonds. The Labute approximate surface area is 217 Å².